The number of nitrogens with two attached hydrogens (primary N) is 1. The Balaban J connectivity index is 1.74. The summed E-state index contributed by atoms with van der Waals surface area (Å²) in [5.41, 5.74) is 10.4. The molecule has 0 radical (unpaired) electrons. The lowest BCUT2D eigenvalue weighted by Gasteiger charge is -2.21. The van der Waals surface area contributed by atoms with Crippen molar-refractivity contribution < 1.29 is 0 Å². The fraction of sp³-hybridized carbons (Fsp3) is 0.471. The van der Waals surface area contributed by atoms with Crippen molar-refractivity contribution >= 4 is 0 Å². The van der Waals surface area contributed by atoms with Gasteiger partial charge in [-0.1, -0.05) is 43.5 Å². The lowest BCUT2D eigenvalue weighted by molar-refractivity contribution is 0.443. The Hall–Kier alpha value is -1.61. The molecule has 2 aromatic rings. The number of aromatic nitrogens is 2. The van der Waals surface area contributed by atoms with Crippen LogP contribution in [0.3, 0.4) is 0 Å². The molecule has 0 bridgehead atoms. The van der Waals surface area contributed by atoms with E-state index < -0.39 is 0 Å². The van der Waals surface area contributed by atoms with Crippen molar-refractivity contribution in [3.05, 3.63) is 41.6 Å². The summed E-state index contributed by atoms with van der Waals surface area (Å²) in [7, 11) is 0. The molecule has 1 fully saturated rings. The maximum absolute atomic E-state index is 5.56. The lowest BCUT2D eigenvalue weighted by Crippen LogP contribution is -2.04. The zero-order valence-corrected chi connectivity index (χ0v) is 11.9. The molecule has 1 aromatic heterocycles. The number of nitrogens with one attached hydrogen (secondary N) is 1. The second-order valence-electron chi connectivity index (χ2n) is 5.77. The van der Waals surface area contributed by atoms with Crippen LogP contribution in [0.15, 0.2) is 30.3 Å². The summed E-state index contributed by atoms with van der Waals surface area (Å²) in [4.78, 5) is 0. The van der Waals surface area contributed by atoms with E-state index in [4.69, 9.17) is 5.73 Å². The third-order valence-corrected chi connectivity index (χ3v) is 4.33. The van der Waals surface area contributed by atoms with Crippen molar-refractivity contribution in [3.63, 3.8) is 0 Å². The molecule has 1 aromatic carbocycles. The smallest absolute Gasteiger partial charge is 0.0923 e. The van der Waals surface area contributed by atoms with Gasteiger partial charge in [-0.2, -0.15) is 5.10 Å². The average Bonchev–Trinajstić information content (AvgIpc) is 2.97. The molecule has 20 heavy (non-hydrogen) atoms. The van der Waals surface area contributed by atoms with E-state index in [1.165, 1.54) is 43.2 Å². The van der Waals surface area contributed by atoms with E-state index in [2.05, 4.69) is 40.5 Å². The van der Waals surface area contributed by atoms with E-state index >= 15 is 0 Å². The Morgan fingerprint density at radius 1 is 1.10 bits per heavy atom. The van der Waals surface area contributed by atoms with Gasteiger partial charge >= 0.3 is 0 Å². The molecule has 1 aliphatic rings. The Kier molecular flexibility index (Phi) is 4.16. The van der Waals surface area contributed by atoms with Crippen molar-refractivity contribution in [2.24, 2.45) is 5.73 Å². The third kappa shape index (κ3) is 2.93. The Morgan fingerprint density at radius 3 is 2.55 bits per heavy atom. The van der Waals surface area contributed by atoms with E-state index in [1.54, 1.807) is 0 Å². The van der Waals surface area contributed by atoms with E-state index in [1.807, 2.05) is 0 Å². The minimum atomic E-state index is 0.655. The fourth-order valence-corrected chi connectivity index (χ4v) is 3.16. The third-order valence-electron chi connectivity index (χ3n) is 4.33. The monoisotopic (exact) mass is 269 g/mol. The van der Waals surface area contributed by atoms with Crippen molar-refractivity contribution in [2.45, 2.75) is 44.4 Å². The van der Waals surface area contributed by atoms with Crippen molar-refractivity contribution in [1.29, 1.82) is 0 Å². The number of aromatic amines is 1. The maximum Gasteiger partial charge on any atom is 0.0923 e. The molecule has 1 saturated carbocycles. The van der Waals surface area contributed by atoms with Gasteiger partial charge in [-0.3, -0.25) is 5.10 Å². The minimum Gasteiger partial charge on any atom is -0.330 e. The molecule has 0 spiro atoms. The Bertz CT molecular complexity index is 536. The van der Waals surface area contributed by atoms with Crippen LogP contribution in [0.25, 0.3) is 11.3 Å². The van der Waals surface area contributed by atoms with Gasteiger partial charge in [-0.25, -0.2) is 0 Å². The molecule has 0 saturated heterocycles. The summed E-state index contributed by atoms with van der Waals surface area (Å²) in [6.07, 6.45) is 7.73. The number of nitrogens with zero attached hydrogens (tertiary/aromatic N) is 1. The maximum atomic E-state index is 5.56. The molecule has 0 atom stereocenters. The molecule has 3 N–H and O–H groups in total. The van der Waals surface area contributed by atoms with Crippen LogP contribution >= 0.6 is 0 Å². The number of hydrogen-bond donors (Lipinski definition) is 2. The van der Waals surface area contributed by atoms with E-state index in [0.717, 1.165) is 23.7 Å². The average molecular weight is 269 g/mol. The van der Waals surface area contributed by atoms with Crippen LogP contribution < -0.4 is 5.73 Å². The Labute approximate surface area is 120 Å². The van der Waals surface area contributed by atoms with Crippen LogP contribution in [-0.2, 0) is 6.42 Å². The molecule has 1 aliphatic carbocycles. The van der Waals surface area contributed by atoms with Gasteiger partial charge in [0.1, 0.15) is 0 Å². The first kappa shape index (κ1) is 13.4. The first-order chi connectivity index (χ1) is 9.86. The molecule has 0 unspecified atom stereocenters. The topological polar surface area (TPSA) is 54.7 Å². The van der Waals surface area contributed by atoms with Gasteiger partial charge in [0.2, 0.25) is 0 Å². The molecule has 3 rings (SSSR count). The van der Waals surface area contributed by atoms with Crippen LogP contribution in [0, 0.1) is 0 Å². The first-order valence-electron chi connectivity index (χ1n) is 7.71. The molecular formula is C17H23N3. The summed E-state index contributed by atoms with van der Waals surface area (Å²) in [6.45, 7) is 0.655. The predicted molar refractivity (Wildman–Crippen MR) is 82.6 cm³/mol. The van der Waals surface area contributed by atoms with Crippen molar-refractivity contribution in [2.75, 3.05) is 6.54 Å². The van der Waals surface area contributed by atoms with Gasteiger partial charge < -0.3 is 5.73 Å². The quantitative estimate of drug-likeness (QED) is 0.890. The lowest BCUT2D eigenvalue weighted by atomic mass is 9.84. The second-order valence-corrected chi connectivity index (χ2v) is 5.77. The molecule has 3 nitrogen and oxygen atoms in total. The van der Waals surface area contributed by atoms with Crippen LogP contribution in [0.4, 0.5) is 0 Å². The first-order valence-corrected chi connectivity index (χ1v) is 7.71. The second kappa shape index (κ2) is 6.23. The highest BCUT2D eigenvalue weighted by molar-refractivity contribution is 5.59. The molecule has 3 heteroatoms. The van der Waals surface area contributed by atoms with Gasteiger partial charge in [-0.15, -0.1) is 0 Å². The summed E-state index contributed by atoms with van der Waals surface area (Å²) in [5, 5.41) is 7.42. The summed E-state index contributed by atoms with van der Waals surface area (Å²) >= 11 is 0. The molecular weight excluding hydrogens is 246 g/mol. The molecule has 0 aliphatic heterocycles. The minimum absolute atomic E-state index is 0.655. The van der Waals surface area contributed by atoms with Gasteiger partial charge in [0.25, 0.3) is 0 Å². The fourth-order valence-electron chi connectivity index (χ4n) is 3.16. The van der Waals surface area contributed by atoms with Gasteiger partial charge in [-0.05, 0) is 36.9 Å². The highest BCUT2D eigenvalue weighted by Gasteiger charge is 2.15. The predicted octanol–water partition coefficient (Wildman–Crippen LogP) is 3.63. The summed E-state index contributed by atoms with van der Waals surface area (Å²) in [5.74, 6) is 0.768. The van der Waals surface area contributed by atoms with Crippen LogP contribution in [0.1, 0.15) is 49.3 Å². The number of rotatable bonds is 4. The normalized spacial score (nSPS) is 16.4. The zero-order chi connectivity index (χ0) is 13.8. The largest absolute Gasteiger partial charge is 0.330 e. The molecule has 0 amide bonds. The van der Waals surface area contributed by atoms with Gasteiger partial charge in [0.05, 0.1) is 5.69 Å². The number of benzene rings is 1. The van der Waals surface area contributed by atoms with Gasteiger partial charge in [0, 0.05) is 17.7 Å². The van der Waals surface area contributed by atoms with Crippen molar-refractivity contribution in [3.8, 4) is 11.3 Å². The van der Waals surface area contributed by atoms with Crippen molar-refractivity contribution in [1.82, 2.24) is 10.2 Å². The zero-order valence-electron chi connectivity index (χ0n) is 11.9. The number of hydrogen-bond acceptors (Lipinski definition) is 2. The van der Waals surface area contributed by atoms with Gasteiger partial charge in [0.15, 0.2) is 0 Å². The van der Waals surface area contributed by atoms with E-state index in [9.17, 15) is 0 Å². The highest BCUT2D eigenvalue weighted by Crippen LogP contribution is 2.33. The van der Waals surface area contributed by atoms with Crippen LogP contribution in [-0.4, -0.2) is 16.7 Å². The van der Waals surface area contributed by atoms with E-state index in [-0.39, 0.29) is 0 Å². The Morgan fingerprint density at radius 2 is 1.85 bits per heavy atom. The standard InChI is InChI=1S/C17H23N3/c18-11-10-16-12-17(20-19-16)15-8-6-14(7-9-15)13-4-2-1-3-5-13/h6-9,12-13H,1-5,10-11,18H2,(H,19,20). The van der Waals surface area contributed by atoms with Crippen LogP contribution in [0.5, 0.6) is 0 Å². The number of H-pyrrole nitrogens is 1. The summed E-state index contributed by atoms with van der Waals surface area (Å²) in [6, 6.07) is 11.1. The van der Waals surface area contributed by atoms with Crippen LogP contribution in [0.2, 0.25) is 0 Å². The highest BCUT2D eigenvalue weighted by atomic mass is 15.1. The molecule has 106 valence electrons. The SMILES string of the molecule is NCCc1cc(-c2ccc(C3CCCCC3)cc2)n[nH]1. The molecule has 1 heterocycles. The summed E-state index contributed by atoms with van der Waals surface area (Å²) < 4.78 is 0. The van der Waals surface area contributed by atoms with E-state index in [0.29, 0.717) is 6.54 Å².